The van der Waals surface area contributed by atoms with Crippen molar-refractivity contribution in [3.8, 4) is 0 Å². The molecule has 1 fully saturated rings. The maximum atomic E-state index is 9.62. The van der Waals surface area contributed by atoms with Crippen LogP contribution in [0.2, 0.25) is 0 Å². The highest BCUT2D eigenvalue weighted by Gasteiger charge is 2.23. The van der Waals surface area contributed by atoms with Crippen LogP contribution < -0.4 is 10.2 Å². The van der Waals surface area contributed by atoms with Crippen LogP contribution in [0.15, 0.2) is 18.2 Å². The van der Waals surface area contributed by atoms with E-state index in [1.807, 2.05) is 0 Å². The van der Waals surface area contributed by atoms with Gasteiger partial charge in [0.05, 0.1) is 12.6 Å². The Kier molecular flexibility index (Phi) is 4.61. The molecule has 1 aromatic rings. The van der Waals surface area contributed by atoms with Crippen LogP contribution in [0.1, 0.15) is 24.5 Å². The summed E-state index contributed by atoms with van der Waals surface area (Å²) in [6.45, 7) is 7.51. The van der Waals surface area contributed by atoms with Crippen molar-refractivity contribution in [3.05, 3.63) is 29.3 Å². The molecular weight excluding hydrogens is 224 g/mol. The zero-order chi connectivity index (χ0) is 13.0. The Hall–Kier alpha value is -1.06. The van der Waals surface area contributed by atoms with E-state index in [1.54, 1.807) is 0 Å². The Labute approximate surface area is 110 Å². The summed E-state index contributed by atoms with van der Waals surface area (Å²) < 4.78 is 0. The number of benzene rings is 1. The second-order valence-electron chi connectivity index (χ2n) is 5.02. The first-order chi connectivity index (χ1) is 8.77. The smallest absolute Gasteiger partial charge is 0.0647 e. The average Bonchev–Trinajstić information content (AvgIpc) is 2.63. The maximum absolute atomic E-state index is 9.62. The van der Waals surface area contributed by atoms with Crippen molar-refractivity contribution in [2.75, 3.05) is 31.1 Å². The van der Waals surface area contributed by atoms with Crippen LogP contribution in [0.5, 0.6) is 0 Å². The van der Waals surface area contributed by atoms with Gasteiger partial charge in [0.15, 0.2) is 0 Å². The van der Waals surface area contributed by atoms with Crippen molar-refractivity contribution in [2.45, 2.75) is 32.7 Å². The van der Waals surface area contributed by atoms with Crippen LogP contribution in [-0.2, 0) is 6.42 Å². The summed E-state index contributed by atoms with van der Waals surface area (Å²) in [5.41, 5.74) is 4.04. The van der Waals surface area contributed by atoms with Crippen molar-refractivity contribution >= 4 is 5.69 Å². The van der Waals surface area contributed by atoms with Gasteiger partial charge in [-0.3, -0.25) is 0 Å². The molecule has 0 spiro atoms. The predicted molar refractivity (Wildman–Crippen MR) is 76.3 cm³/mol. The Morgan fingerprint density at radius 3 is 3.00 bits per heavy atom. The topological polar surface area (TPSA) is 35.5 Å². The molecule has 1 aromatic carbocycles. The van der Waals surface area contributed by atoms with E-state index in [9.17, 15) is 5.11 Å². The SMILES string of the molecule is CCc1cccc(C)c1N1CCCNCC1CO. The summed E-state index contributed by atoms with van der Waals surface area (Å²) in [6.07, 6.45) is 2.17. The van der Waals surface area contributed by atoms with E-state index in [1.165, 1.54) is 16.8 Å². The van der Waals surface area contributed by atoms with Crippen LogP contribution in [0.4, 0.5) is 5.69 Å². The molecule has 18 heavy (non-hydrogen) atoms. The molecule has 1 unspecified atom stereocenters. The molecule has 3 nitrogen and oxygen atoms in total. The molecule has 2 rings (SSSR count). The van der Waals surface area contributed by atoms with Crippen LogP contribution in [0, 0.1) is 6.92 Å². The number of rotatable bonds is 3. The van der Waals surface area contributed by atoms with Crippen molar-refractivity contribution in [2.24, 2.45) is 0 Å². The highest BCUT2D eigenvalue weighted by Crippen LogP contribution is 2.28. The second kappa shape index (κ2) is 6.21. The molecule has 1 aliphatic rings. The van der Waals surface area contributed by atoms with E-state index in [4.69, 9.17) is 0 Å². The van der Waals surface area contributed by atoms with Gasteiger partial charge in [-0.25, -0.2) is 0 Å². The van der Waals surface area contributed by atoms with E-state index in [2.05, 4.69) is 42.3 Å². The first-order valence-electron chi connectivity index (χ1n) is 6.94. The van der Waals surface area contributed by atoms with Gasteiger partial charge in [0.2, 0.25) is 0 Å². The highest BCUT2D eigenvalue weighted by atomic mass is 16.3. The van der Waals surface area contributed by atoms with E-state index < -0.39 is 0 Å². The second-order valence-corrected chi connectivity index (χ2v) is 5.02. The Morgan fingerprint density at radius 1 is 1.44 bits per heavy atom. The third-order valence-corrected chi connectivity index (χ3v) is 3.77. The third kappa shape index (κ3) is 2.68. The fourth-order valence-corrected chi connectivity index (χ4v) is 2.81. The number of para-hydroxylation sites is 1. The lowest BCUT2D eigenvalue weighted by Gasteiger charge is -2.33. The van der Waals surface area contributed by atoms with Crippen molar-refractivity contribution < 1.29 is 5.11 Å². The largest absolute Gasteiger partial charge is 0.394 e. The lowest BCUT2D eigenvalue weighted by molar-refractivity contribution is 0.260. The van der Waals surface area contributed by atoms with Crippen molar-refractivity contribution in [1.29, 1.82) is 0 Å². The molecule has 3 heteroatoms. The Morgan fingerprint density at radius 2 is 2.28 bits per heavy atom. The number of aliphatic hydroxyl groups is 1. The average molecular weight is 248 g/mol. The molecule has 0 saturated carbocycles. The minimum Gasteiger partial charge on any atom is -0.394 e. The maximum Gasteiger partial charge on any atom is 0.0647 e. The van der Waals surface area contributed by atoms with Gasteiger partial charge >= 0.3 is 0 Å². The van der Waals surface area contributed by atoms with E-state index in [0.29, 0.717) is 0 Å². The lowest BCUT2D eigenvalue weighted by Crippen LogP contribution is -2.43. The van der Waals surface area contributed by atoms with Crippen molar-refractivity contribution in [1.82, 2.24) is 5.32 Å². The number of nitrogens with one attached hydrogen (secondary N) is 1. The van der Waals surface area contributed by atoms with Gasteiger partial charge < -0.3 is 15.3 Å². The monoisotopic (exact) mass is 248 g/mol. The standard InChI is InChI=1S/C15H24N2O/c1-3-13-7-4-6-12(2)15(13)17-9-5-8-16-10-14(17)11-18/h4,6-7,14,16,18H,3,5,8-11H2,1-2H3. The summed E-state index contributed by atoms with van der Waals surface area (Å²) in [4.78, 5) is 2.40. The minimum atomic E-state index is 0.193. The zero-order valence-corrected chi connectivity index (χ0v) is 11.4. The number of anilines is 1. The quantitative estimate of drug-likeness (QED) is 0.855. The molecule has 1 heterocycles. The summed E-state index contributed by atoms with van der Waals surface area (Å²) >= 11 is 0. The lowest BCUT2D eigenvalue weighted by atomic mass is 10.0. The predicted octanol–water partition coefficient (Wildman–Crippen LogP) is 1.72. The highest BCUT2D eigenvalue weighted by molar-refractivity contribution is 5.60. The molecule has 0 aliphatic carbocycles. The summed E-state index contributed by atoms with van der Waals surface area (Å²) in [7, 11) is 0. The van der Waals surface area contributed by atoms with Crippen LogP contribution in [0.3, 0.4) is 0 Å². The molecule has 2 N–H and O–H groups in total. The van der Waals surface area contributed by atoms with Gasteiger partial charge in [-0.2, -0.15) is 0 Å². The molecule has 1 atom stereocenters. The number of hydrogen-bond donors (Lipinski definition) is 2. The van der Waals surface area contributed by atoms with Gasteiger partial charge in [0.25, 0.3) is 0 Å². The van der Waals surface area contributed by atoms with Gasteiger partial charge in [-0.05, 0) is 37.4 Å². The van der Waals surface area contributed by atoms with E-state index in [0.717, 1.165) is 32.5 Å². The van der Waals surface area contributed by atoms with E-state index >= 15 is 0 Å². The normalized spacial score (nSPS) is 20.8. The molecule has 100 valence electrons. The summed E-state index contributed by atoms with van der Waals surface area (Å²) in [6, 6.07) is 6.69. The number of aryl methyl sites for hydroxylation is 2. The molecule has 1 saturated heterocycles. The number of nitrogens with zero attached hydrogens (tertiary/aromatic N) is 1. The Balaban J connectivity index is 2.37. The first kappa shape index (κ1) is 13.4. The fourth-order valence-electron chi connectivity index (χ4n) is 2.81. The molecule has 0 amide bonds. The first-order valence-corrected chi connectivity index (χ1v) is 6.94. The fraction of sp³-hybridized carbons (Fsp3) is 0.600. The van der Waals surface area contributed by atoms with Crippen molar-refractivity contribution in [3.63, 3.8) is 0 Å². The van der Waals surface area contributed by atoms with Crippen LogP contribution >= 0.6 is 0 Å². The van der Waals surface area contributed by atoms with Gasteiger partial charge in [-0.1, -0.05) is 25.1 Å². The molecular formula is C15H24N2O. The number of hydrogen-bond acceptors (Lipinski definition) is 3. The summed E-state index contributed by atoms with van der Waals surface area (Å²) in [5, 5.41) is 13.0. The molecule has 0 bridgehead atoms. The third-order valence-electron chi connectivity index (χ3n) is 3.77. The van der Waals surface area contributed by atoms with Gasteiger partial charge in [-0.15, -0.1) is 0 Å². The van der Waals surface area contributed by atoms with Crippen LogP contribution in [-0.4, -0.2) is 37.4 Å². The zero-order valence-electron chi connectivity index (χ0n) is 11.4. The Bertz CT molecular complexity index is 392. The molecule has 0 radical (unpaired) electrons. The number of aliphatic hydroxyl groups excluding tert-OH is 1. The van der Waals surface area contributed by atoms with E-state index in [-0.39, 0.29) is 12.6 Å². The molecule has 0 aromatic heterocycles. The van der Waals surface area contributed by atoms with Gasteiger partial charge in [0, 0.05) is 18.8 Å². The summed E-state index contributed by atoms with van der Waals surface area (Å²) in [5.74, 6) is 0. The molecule has 1 aliphatic heterocycles. The van der Waals surface area contributed by atoms with Gasteiger partial charge in [0.1, 0.15) is 0 Å². The minimum absolute atomic E-state index is 0.193. The van der Waals surface area contributed by atoms with Crippen LogP contribution in [0.25, 0.3) is 0 Å².